The molecule has 2 aliphatic carbocycles. The van der Waals surface area contributed by atoms with Crippen molar-refractivity contribution in [3.05, 3.63) is 0 Å². The van der Waals surface area contributed by atoms with E-state index in [2.05, 4.69) is 17.6 Å². The van der Waals surface area contributed by atoms with Gasteiger partial charge in [0.25, 0.3) is 0 Å². The van der Waals surface area contributed by atoms with E-state index in [1.165, 1.54) is 32.1 Å². The average Bonchev–Trinajstić information content (AvgIpc) is 3.27. The molecule has 4 nitrogen and oxygen atoms in total. The molecule has 0 saturated heterocycles. The second-order valence-corrected chi connectivity index (χ2v) is 5.97. The lowest BCUT2D eigenvalue weighted by atomic mass is 9.83. The molecule has 2 aliphatic rings. The molecule has 2 amide bonds. The largest absolute Gasteiger partial charge is 0.352 e. The smallest absolute Gasteiger partial charge is 0.239 e. The van der Waals surface area contributed by atoms with Gasteiger partial charge in [-0.15, -0.1) is 0 Å². The van der Waals surface area contributed by atoms with Gasteiger partial charge in [-0.2, -0.15) is 0 Å². The molecule has 19 heavy (non-hydrogen) atoms. The van der Waals surface area contributed by atoms with Crippen LogP contribution in [0.4, 0.5) is 0 Å². The minimum Gasteiger partial charge on any atom is -0.352 e. The summed E-state index contributed by atoms with van der Waals surface area (Å²) in [6.45, 7) is 2.26. The Bertz CT molecular complexity index is 320. The fourth-order valence-corrected chi connectivity index (χ4v) is 3.00. The lowest BCUT2D eigenvalue weighted by molar-refractivity contribution is -0.127. The minimum absolute atomic E-state index is 0.0357. The van der Waals surface area contributed by atoms with Crippen LogP contribution in [-0.4, -0.2) is 24.4 Å². The van der Waals surface area contributed by atoms with E-state index in [1.54, 1.807) is 0 Å². The van der Waals surface area contributed by atoms with E-state index in [-0.39, 0.29) is 30.3 Å². The van der Waals surface area contributed by atoms with Gasteiger partial charge in [-0.25, -0.2) is 0 Å². The molecule has 2 fully saturated rings. The Balaban J connectivity index is 1.70. The van der Waals surface area contributed by atoms with Crippen molar-refractivity contribution in [1.82, 2.24) is 10.6 Å². The van der Waals surface area contributed by atoms with Crippen molar-refractivity contribution in [2.45, 2.75) is 64.3 Å². The van der Waals surface area contributed by atoms with Crippen LogP contribution < -0.4 is 10.6 Å². The summed E-state index contributed by atoms with van der Waals surface area (Å²) in [6.07, 6.45) is 9.30. The molecule has 0 heterocycles. The van der Waals surface area contributed by atoms with Crippen LogP contribution in [0.1, 0.15) is 58.3 Å². The number of nitrogens with one attached hydrogen (secondary N) is 2. The van der Waals surface area contributed by atoms with Crippen LogP contribution in [0.5, 0.6) is 0 Å². The Hall–Kier alpha value is -1.06. The third-order valence-corrected chi connectivity index (χ3v) is 4.38. The van der Waals surface area contributed by atoms with E-state index < -0.39 is 0 Å². The van der Waals surface area contributed by atoms with Gasteiger partial charge >= 0.3 is 0 Å². The van der Waals surface area contributed by atoms with Gasteiger partial charge in [0.15, 0.2) is 0 Å². The van der Waals surface area contributed by atoms with Crippen LogP contribution in [0.15, 0.2) is 0 Å². The SMILES string of the molecule is CCC(NC(=O)CNC(=O)C1CC1)C1CCCCC1. The summed E-state index contributed by atoms with van der Waals surface area (Å²) in [5.41, 5.74) is 0. The summed E-state index contributed by atoms with van der Waals surface area (Å²) >= 11 is 0. The Morgan fingerprint density at radius 1 is 1.11 bits per heavy atom. The number of carbonyl (C=O) groups is 2. The van der Waals surface area contributed by atoms with Crippen molar-refractivity contribution >= 4 is 11.8 Å². The zero-order valence-corrected chi connectivity index (χ0v) is 11.9. The summed E-state index contributed by atoms with van der Waals surface area (Å²) in [7, 11) is 0. The highest BCUT2D eigenvalue weighted by atomic mass is 16.2. The molecular formula is C15H26N2O2. The second kappa shape index (κ2) is 6.92. The summed E-state index contributed by atoms with van der Waals surface area (Å²) in [6, 6.07) is 0.283. The van der Waals surface area contributed by atoms with E-state index in [0.29, 0.717) is 5.92 Å². The van der Waals surface area contributed by atoms with Crippen LogP contribution in [0, 0.1) is 11.8 Å². The highest BCUT2D eigenvalue weighted by molar-refractivity contribution is 5.86. The fourth-order valence-electron chi connectivity index (χ4n) is 3.00. The van der Waals surface area contributed by atoms with Crippen LogP contribution in [0.3, 0.4) is 0 Å². The quantitative estimate of drug-likeness (QED) is 0.772. The number of rotatable bonds is 6. The third kappa shape index (κ3) is 4.51. The predicted molar refractivity (Wildman–Crippen MR) is 74.5 cm³/mol. The molecular weight excluding hydrogens is 240 g/mol. The molecule has 2 rings (SSSR count). The van der Waals surface area contributed by atoms with Crippen molar-refractivity contribution in [3.8, 4) is 0 Å². The van der Waals surface area contributed by atoms with Gasteiger partial charge in [0.05, 0.1) is 6.54 Å². The van der Waals surface area contributed by atoms with Crippen molar-refractivity contribution < 1.29 is 9.59 Å². The third-order valence-electron chi connectivity index (χ3n) is 4.38. The van der Waals surface area contributed by atoms with E-state index >= 15 is 0 Å². The van der Waals surface area contributed by atoms with Gasteiger partial charge < -0.3 is 10.6 Å². The Morgan fingerprint density at radius 3 is 2.37 bits per heavy atom. The molecule has 4 heteroatoms. The molecule has 2 N–H and O–H groups in total. The van der Waals surface area contributed by atoms with Crippen LogP contribution in [0.2, 0.25) is 0 Å². The highest BCUT2D eigenvalue weighted by Gasteiger charge is 2.30. The summed E-state index contributed by atoms with van der Waals surface area (Å²) in [4.78, 5) is 23.4. The van der Waals surface area contributed by atoms with Crippen molar-refractivity contribution in [2.24, 2.45) is 11.8 Å². The predicted octanol–water partition coefficient (Wildman–Crippen LogP) is 1.99. The molecule has 0 bridgehead atoms. The molecule has 0 radical (unpaired) electrons. The van der Waals surface area contributed by atoms with Crippen LogP contribution >= 0.6 is 0 Å². The second-order valence-electron chi connectivity index (χ2n) is 5.97. The lowest BCUT2D eigenvalue weighted by Gasteiger charge is -2.30. The number of amides is 2. The zero-order valence-electron chi connectivity index (χ0n) is 11.9. The molecule has 2 saturated carbocycles. The highest BCUT2D eigenvalue weighted by Crippen LogP contribution is 2.29. The van der Waals surface area contributed by atoms with Crippen LogP contribution in [-0.2, 0) is 9.59 Å². The number of hydrogen-bond donors (Lipinski definition) is 2. The first-order valence-corrected chi connectivity index (χ1v) is 7.77. The normalized spacial score (nSPS) is 21.7. The van der Waals surface area contributed by atoms with Gasteiger partial charge in [0.2, 0.25) is 11.8 Å². The maximum absolute atomic E-state index is 11.9. The molecule has 1 atom stereocenters. The molecule has 0 aliphatic heterocycles. The molecule has 1 unspecified atom stereocenters. The Kier molecular flexibility index (Phi) is 5.23. The standard InChI is InChI=1S/C15H26N2O2/c1-2-13(11-6-4-3-5-7-11)17-14(18)10-16-15(19)12-8-9-12/h11-13H,2-10H2,1H3,(H,16,19)(H,17,18). The zero-order chi connectivity index (χ0) is 13.7. The minimum atomic E-state index is -0.0357. The maximum atomic E-state index is 11.9. The van der Waals surface area contributed by atoms with Gasteiger partial charge in [-0.3, -0.25) is 9.59 Å². The van der Waals surface area contributed by atoms with E-state index in [0.717, 1.165) is 19.3 Å². The first-order chi connectivity index (χ1) is 9.20. The van der Waals surface area contributed by atoms with Crippen LogP contribution in [0.25, 0.3) is 0 Å². The van der Waals surface area contributed by atoms with E-state index in [4.69, 9.17) is 0 Å². The fraction of sp³-hybridized carbons (Fsp3) is 0.867. The van der Waals surface area contributed by atoms with Crippen molar-refractivity contribution in [3.63, 3.8) is 0 Å². The average molecular weight is 266 g/mol. The number of hydrogen-bond acceptors (Lipinski definition) is 2. The van der Waals surface area contributed by atoms with Gasteiger partial charge in [-0.05, 0) is 38.0 Å². The Morgan fingerprint density at radius 2 is 1.79 bits per heavy atom. The summed E-state index contributed by atoms with van der Waals surface area (Å²) in [5, 5.41) is 5.82. The van der Waals surface area contributed by atoms with E-state index in [1.807, 2.05) is 0 Å². The van der Waals surface area contributed by atoms with Crippen molar-refractivity contribution in [2.75, 3.05) is 6.54 Å². The summed E-state index contributed by atoms with van der Waals surface area (Å²) < 4.78 is 0. The molecule has 0 spiro atoms. The lowest BCUT2D eigenvalue weighted by Crippen LogP contribution is -2.45. The first-order valence-electron chi connectivity index (χ1n) is 7.77. The topological polar surface area (TPSA) is 58.2 Å². The monoisotopic (exact) mass is 266 g/mol. The van der Waals surface area contributed by atoms with Gasteiger partial charge in [0, 0.05) is 12.0 Å². The van der Waals surface area contributed by atoms with Gasteiger partial charge in [-0.1, -0.05) is 26.2 Å². The van der Waals surface area contributed by atoms with Gasteiger partial charge in [0.1, 0.15) is 0 Å². The first kappa shape index (κ1) is 14.4. The van der Waals surface area contributed by atoms with Crippen molar-refractivity contribution in [1.29, 1.82) is 0 Å². The maximum Gasteiger partial charge on any atom is 0.239 e. The molecule has 0 aromatic carbocycles. The molecule has 0 aromatic heterocycles. The molecule has 0 aromatic rings. The van der Waals surface area contributed by atoms with E-state index in [9.17, 15) is 9.59 Å². The number of carbonyl (C=O) groups excluding carboxylic acids is 2. The molecule has 108 valence electrons. The summed E-state index contributed by atoms with van der Waals surface area (Å²) in [5.74, 6) is 0.808. The Labute approximate surface area is 115 Å².